The molecule has 0 fully saturated rings. The van der Waals surface area contributed by atoms with Crippen LogP contribution in [0.4, 0.5) is 5.69 Å². The van der Waals surface area contributed by atoms with Gasteiger partial charge in [0, 0.05) is 12.1 Å². The zero-order valence-electron chi connectivity index (χ0n) is 20.6. The number of nitrogens with zero attached hydrogens (tertiary/aromatic N) is 1. The maximum Gasteiger partial charge on any atom is 0.265 e. The lowest BCUT2D eigenvalue weighted by molar-refractivity contribution is 0.324. The first-order chi connectivity index (χ1) is 16.2. The van der Waals surface area contributed by atoms with Gasteiger partial charge in [0.15, 0.2) is 11.5 Å². The van der Waals surface area contributed by atoms with E-state index in [4.69, 9.17) is 18.9 Å². The number of anilines is 1. The van der Waals surface area contributed by atoms with E-state index in [2.05, 4.69) is 0 Å². The lowest BCUT2D eigenvalue weighted by Crippen LogP contribution is -2.31. The molecule has 0 unspecified atom stereocenters. The second-order valence-electron chi connectivity index (χ2n) is 7.97. The van der Waals surface area contributed by atoms with Gasteiger partial charge in [-0.05, 0) is 49.6 Å². The molecular formula is C26H31NO6S. The number of hydrogen-bond donors (Lipinski definition) is 0. The summed E-state index contributed by atoms with van der Waals surface area (Å²) in [6.45, 7) is 5.67. The second kappa shape index (κ2) is 10.3. The third-order valence-corrected chi connectivity index (χ3v) is 7.66. The molecule has 0 saturated heterocycles. The Kier molecular flexibility index (Phi) is 7.61. The average molecular weight is 486 g/mol. The van der Waals surface area contributed by atoms with Crippen LogP contribution in [0.3, 0.4) is 0 Å². The van der Waals surface area contributed by atoms with E-state index in [0.29, 0.717) is 39.8 Å². The first-order valence-corrected chi connectivity index (χ1v) is 12.1. The molecule has 0 bridgehead atoms. The van der Waals surface area contributed by atoms with Gasteiger partial charge in [-0.25, -0.2) is 8.42 Å². The number of rotatable bonds is 9. The van der Waals surface area contributed by atoms with Crippen LogP contribution in [-0.4, -0.2) is 36.9 Å². The van der Waals surface area contributed by atoms with Crippen molar-refractivity contribution in [3.05, 3.63) is 70.8 Å². The smallest absolute Gasteiger partial charge is 0.265 e. The maximum atomic E-state index is 14.2. The number of aryl methyl sites for hydroxylation is 3. The van der Waals surface area contributed by atoms with Crippen LogP contribution >= 0.6 is 0 Å². The van der Waals surface area contributed by atoms with Crippen molar-refractivity contribution in [2.24, 2.45) is 0 Å². The van der Waals surface area contributed by atoms with Crippen molar-refractivity contribution >= 4 is 15.7 Å². The summed E-state index contributed by atoms with van der Waals surface area (Å²) in [6, 6.07) is 14.3. The van der Waals surface area contributed by atoms with Gasteiger partial charge < -0.3 is 18.9 Å². The first kappa shape index (κ1) is 25.2. The summed E-state index contributed by atoms with van der Waals surface area (Å²) in [4.78, 5) is 0.278. The summed E-state index contributed by atoms with van der Waals surface area (Å²) < 4.78 is 51.3. The van der Waals surface area contributed by atoms with Gasteiger partial charge in [0.25, 0.3) is 10.0 Å². The van der Waals surface area contributed by atoms with Crippen molar-refractivity contribution in [1.82, 2.24) is 0 Å². The van der Waals surface area contributed by atoms with Crippen LogP contribution in [0.5, 0.6) is 23.0 Å². The van der Waals surface area contributed by atoms with Gasteiger partial charge in [-0.3, -0.25) is 4.31 Å². The third kappa shape index (κ3) is 4.92. The molecule has 3 aromatic rings. The van der Waals surface area contributed by atoms with E-state index >= 15 is 0 Å². The molecular weight excluding hydrogens is 454 g/mol. The van der Waals surface area contributed by atoms with E-state index in [9.17, 15) is 8.42 Å². The Balaban J connectivity index is 2.25. The molecule has 0 heterocycles. The fraction of sp³-hybridized carbons (Fsp3) is 0.308. The predicted molar refractivity (Wildman–Crippen MR) is 133 cm³/mol. The van der Waals surface area contributed by atoms with E-state index in [0.717, 1.165) is 11.1 Å². The minimum atomic E-state index is -3.97. The SMILES string of the molecule is COc1ccc(CN(c2cc(OC)c(OC)c(OC)c2)S(=O)(=O)c2c(C)cc(C)cc2C)cc1. The molecule has 0 saturated carbocycles. The average Bonchev–Trinajstić information content (AvgIpc) is 2.80. The highest BCUT2D eigenvalue weighted by molar-refractivity contribution is 7.92. The molecule has 0 aromatic heterocycles. The van der Waals surface area contributed by atoms with Gasteiger partial charge in [0.05, 0.1) is 45.6 Å². The van der Waals surface area contributed by atoms with E-state index in [1.54, 1.807) is 31.4 Å². The summed E-state index contributed by atoms with van der Waals surface area (Å²) in [5.41, 5.74) is 3.56. The largest absolute Gasteiger partial charge is 0.497 e. The molecule has 0 spiro atoms. The van der Waals surface area contributed by atoms with E-state index in [-0.39, 0.29) is 11.4 Å². The Labute approximate surface area is 201 Å². The van der Waals surface area contributed by atoms with E-state index < -0.39 is 10.0 Å². The predicted octanol–water partition coefficient (Wildman–Crippen LogP) is 5.04. The summed E-state index contributed by atoms with van der Waals surface area (Å²) in [6.07, 6.45) is 0. The second-order valence-corrected chi connectivity index (χ2v) is 9.77. The van der Waals surface area contributed by atoms with Crippen LogP contribution in [0.15, 0.2) is 53.4 Å². The van der Waals surface area contributed by atoms with E-state index in [1.165, 1.54) is 25.6 Å². The van der Waals surface area contributed by atoms with Gasteiger partial charge in [-0.15, -0.1) is 0 Å². The summed E-state index contributed by atoms with van der Waals surface area (Å²) in [5.74, 6) is 1.81. The Bertz CT molecular complexity index is 1220. The number of methoxy groups -OCH3 is 4. The molecule has 0 aliphatic carbocycles. The van der Waals surface area contributed by atoms with E-state index in [1.807, 2.05) is 45.0 Å². The molecule has 0 N–H and O–H groups in total. The minimum absolute atomic E-state index is 0.0950. The first-order valence-electron chi connectivity index (χ1n) is 10.7. The van der Waals surface area contributed by atoms with Crippen LogP contribution in [0, 0.1) is 20.8 Å². The van der Waals surface area contributed by atoms with Crippen molar-refractivity contribution in [2.75, 3.05) is 32.7 Å². The summed E-state index contributed by atoms with van der Waals surface area (Å²) in [7, 11) is 2.12. The number of benzene rings is 3. The highest BCUT2D eigenvalue weighted by Crippen LogP contribution is 2.43. The fourth-order valence-corrected chi connectivity index (χ4v) is 5.96. The Morgan fingerprint density at radius 2 is 1.26 bits per heavy atom. The quantitative estimate of drug-likeness (QED) is 0.423. The topological polar surface area (TPSA) is 74.3 Å². The molecule has 0 amide bonds. The molecule has 8 heteroatoms. The normalized spacial score (nSPS) is 11.1. The van der Waals surface area contributed by atoms with Crippen LogP contribution in [-0.2, 0) is 16.6 Å². The zero-order valence-corrected chi connectivity index (χ0v) is 21.4. The van der Waals surface area contributed by atoms with Crippen LogP contribution < -0.4 is 23.3 Å². The molecule has 0 atom stereocenters. The van der Waals surface area contributed by atoms with Crippen molar-refractivity contribution < 1.29 is 27.4 Å². The summed E-state index contributed by atoms with van der Waals surface area (Å²) in [5, 5.41) is 0. The van der Waals surface area contributed by atoms with Crippen LogP contribution in [0.1, 0.15) is 22.3 Å². The van der Waals surface area contributed by atoms with Gasteiger partial charge in [-0.1, -0.05) is 29.8 Å². The molecule has 3 rings (SSSR count). The molecule has 34 heavy (non-hydrogen) atoms. The van der Waals surface area contributed by atoms with Crippen LogP contribution in [0.25, 0.3) is 0 Å². The Morgan fingerprint density at radius 3 is 1.71 bits per heavy atom. The zero-order chi connectivity index (χ0) is 25.0. The lowest BCUT2D eigenvalue weighted by Gasteiger charge is -2.28. The fourth-order valence-electron chi connectivity index (χ4n) is 4.11. The number of ether oxygens (including phenoxy) is 4. The molecule has 0 aliphatic rings. The van der Waals surface area contributed by atoms with Crippen molar-refractivity contribution in [2.45, 2.75) is 32.2 Å². The summed E-state index contributed by atoms with van der Waals surface area (Å²) >= 11 is 0. The molecule has 0 radical (unpaired) electrons. The molecule has 3 aromatic carbocycles. The maximum absolute atomic E-state index is 14.2. The Morgan fingerprint density at radius 1 is 0.735 bits per heavy atom. The van der Waals surface area contributed by atoms with Gasteiger partial charge in [-0.2, -0.15) is 0 Å². The van der Waals surface area contributed by atoms with Crippen molar-refractivity contribution in [3.8, 4) is 23.0 Å². The van der Waals surface area contributed by atoms with Gasteiger partial charge in [0.2, 0.25) is 5.75 Å². The van der Waals surface area contributed by atoms with Gasteiger partial charge >= 0.3 is 0 Å². The lowest BCUT2D eigenvalue weighted by atomic mass is 10.1. The monoisotopic (exact) mass is 485 g/mol. The highest BCUT2D eigenvalue weighted by Gasteiger charge is 2.30. The standard InChI is InChI=1S/C26H31NO6S/c1-17-12-18(2)26(19(3)13-17)34(28,29)27(16-20-8-10-22(30-4)11-9-20)21-14-23(31-5)25(33-7)24(15-21)32-6/h8-15H,16H2,1-7H3. The molecule has 7 nitrogen and oxygen atoms in total. The number of sulfonamides is 1. The van der Waals surface area contributed by atoms with Crippen LogP contribution in [0.2, 0.25) is 0 Å². The van der Waals surface area contributed by atoms with Crippen molar-refractivity contribution in [3.63, 3.8) is 0 Å². The molecule has 182 valence electrons. The number of hydrogen-bond acceptors (Lipinski definition) is 6. The minimum Gasteiger partial charge on any atom is -0.497 e. The Hall–Kier alpha value is -3.39. The van der Waals surface area contributed by atoms with Gasteiger partial charge in [0.1, 0.15) is 5.75 Å². The van der Waals surface area contributed by atoms with Crippen molar-refractivity contribution in [1.29, 1.82) is 0 Å². The molecule has 0 aliphatic heterocycles. The third-order valence-electron chi connectivity index (χ3n) is 5.58. The highest BCUT2D eigenvalue weighted by atomic mass is 32.2.